The molecule has 1 aliphatic heterocycles. The lowest BCUT2D eigenvalue weighted by Gasteiger charge is -2.19. The van der Waals surface area contributed by atoms with E-state index in [0.717, 1.165) is 76.2 Å². The fourth-order valence-corrected chi connectivity index (χ4v) is 3.01. The molecule has 1 aromatic rings. The van der Waals surface area contributed by atoms with Crippen LogP contribution >= 0.6 is 0 Å². The number of hydrogen-bond acceptors (Lipinski definition) is 5. The number of nitrogens with one attached hydrogen (secondary N) is 2. The Morgan fingerprint density at radius 3 is 2.81 bits per heavy atom. The molecule has 0 spiro atoms. The molecular weight excluding hydrogens is 342 g/mol. The van der Waals surface area contributed by atoms with E-state index in [0.29, 0.717) is 12.5 Å². The molecule has 1 saturated heterocycles. The van der Waals surface area contributed by atoms with Crippen LogP contribution in [0.3, 0.4) is 0 Å². The maximum absolute atomic E-state index is 5.72. The Hall–Kier alpha value is -1.86. The molecule has 0 radical (unpaired) electrons. The van der Waals surface area contributed by atoms with Gasteiger partial charge in [-0.2, -0.15) is 0 Å². The molecule has 7 nitrogen and oxygen atoms in total. The second kappa shape index (κ2) is 12.5. The first kappa shape index (κ1) is 21.4. The van der Waals surface area contributed by atoms with Gasteiger partial charge in [0, 0.05) is 58.6 Å². The molecule has 0 aliphatic carbocycles. The number of aliphatic imine (C=N–C) groups is 1. The maximum Gasteiger partial charge on any atom is 0.191 e. The van der Waals surface area contributed by atoms with Crippen LogP contribution in [0.1, 0.15) is 32.3 Å². The molecule has 1 aromatic heterocycles. The number of aromatic nitrogens is 1. The fraction of sp³-hybridized carbons (Fsp3) is 0.700. The summed E-state index contributed by atoms with van der Waals surface area (Å²) in [7, 11) is 1.79. The molecule has 1 fully saturated rings. The summed E-state index contributed by atoms with van der Waals surface area (Å²) >= 11 is 0. The first-order valence-electron chi connectivity index (χ1n) is 10.1. The van der Waals surface area contributed by atoms with Crippen molar-refractivity contribution in [3.05, 3.63) is 23.9 Å². The van der Waals surface area contributed by atoms with Gasteiger partial charge in [0.15, 0.2) is 5.96 Å². The molecule has 2 rings (SSSR count). The molecule has 1 unspecified atom stereocenters. The summed E-state index contributed by atoms with van der Waals surface area (Å²) in [6, 6.07) is 4.19. The number of anilines is 1. The van der Waals surface area contributed by atoms with E-state index < -0.39 is 0 Å². The summed E-state index contributed by atoms with van der Waals surface area (Å²) in [5.41, 5.74) is 1.14. The van der Waals surface area contributed by atoms with Crippen molar-refractivity contribution < 1.29 is 9.47 Å². The van der Waals surface area contributed by atoms with E-state index in [2.05, 4.69) is 51.5 Å². The van der Waals surface area contributed by atoms with E-state index in [1.165, 1.54) is 0 Å². The van der Waals surface area contributed by atoms with Crippen molar-refractivity contribution in [1.29, 1.82) is 0 Å². The van der Waals surface area contributed by atoms with Crippen LogP contribution in [0.5, 0.6) is 0 Å². The Morgan fingerprint density at radius 2 is 2.19 bits per heavy atom. The second-order valence-corrected chi connectivity index (χ2v) is 6.71. The van der Waals surface area contributed by atoms with Crippen LogP contribution in [0.4, 0.5) is 5.82 Å². The third kappa shape index (κ3) is 7.72. The minimum absolute atomic E-state index is 0.578. The Kier molecular flexibility index (Phi) is 9.94. The molecule has 0 saturated carbocycles. The Morgan fingerprint density at radius 1 is 1.33 bits per heavy atom. The predicted octanol–water partition coefficient (Wildman–Crippen LogP) is 2.04. The van der Waals surface area contributed by atoms with Gasteiger partial charge in [-0.25, -0.2) is 4.98 Å². The molecule has 2 N–H and O–H groups in total. The number of rotatable bonds is 11. The van der Waals surface area contributed by atoms with Gasteiger partial charge in [-0.15, -0.1) is 0 Å². The highest BCUT2D eigenvalue weighted by molar-refractivity contribution is 5.79. The van der Waals surface area contributed by atoms with Crippen LogP contribution in [0.15, 0.2) is 23.3 Å². The molecule has 7 heteroatoms. The van der Waals surface area contributed by atoms with Crippen LogP contribution in [-0.4, -0.2) is 64.1 Å². The van der Waals surface area contributed by atoms with E-state index in [-0.39, 0.29) is 0 Å². The Bertz CT molecular complexity index is 540. The predicted molar refractivity (Wildman–Crippen MR) is 110 cm³/mol. The SMILES string of the molecule is CCN(CC)c1ccc(CNC(=NC)NCCCOCC2CCOC2)cn1. The smallest absolute Gasteiger partial charge is 0.191 e. The summed E-state index contributed by atoms with van der Waals surface area (Å²) in [5.74, 6) is 2.40. The van der Waals surface area contributed by atoms with E-state index in [4.69, 9.17) is 9.47 Å². The third-order valence-corrected chi connectivity index (χ3v) is 4.72. The molecule has 0 bridgehead atoms. The molecule has 0 aromatic carbocycles. The van der Waals surface area contributed by atoms with E-state index in [1.807, 2.05) is 6.20 Å². The van der Waals surface area contributed by atoms with Crippen LogP contribution in [-0.2, 0) is 16.0 Å². The lowest BCUT2D eigenvalue weighted by Crippen LogP contribution is -2.37. The van der Waals surface area contributed by atoms with Crippen molar-refractivity contribution in [2.75, 3.05) is 58.0 Å². The van der Waals surface area contributed by atoms with Crippen LogP contribution < -0.4 is 15.5 Å². The summed E-state index contributed by atoms with van der Waals surface area (Å²) < 4.78 is 11.1. The first-order valence-corrected chi connectivity index (χ1v) is 10.1. The van der Waals surface area contributed by atoms with Gasteiger partial charge < -0.3 is 25.0 Å². The summed E-state index contributed by atoms with van der Waals surface area (Å²) in [6.07, 6.45) is 4.00. The molecular formula is C20H35N5O2. The monoisotopic (exact) mass is 377 g/mol. The zero-order chi connectivity index (χ0) is 19.3. The molecule has 152 valence electrons. The van der Waals surface area contributed by atoms with Gasteiger partial charge in [-0.3, -0.25) is 4.99 Å². The minimum atomic E-state index is 0.578. The van der Waals surface area contributed by atoms with Gasteiger partial charge in [0.25, 0.3) is 0 Å². The number of guanidine groups is 1. The van der Waals surface area contributed by atoms with Crippen molar-refractivity contribution in [2.45, 2.75) is 33.2 Å². The highest BCUT2D eigenvalue weighted by Gasteiger charge is 2.15. The number of hydrogen-bond donors (Lipinski definition) is 2. The molecule has 27 heavy (non-hydrogen) atoms. The molecule has 1 atom stereocenters. The van der Waals surface area contributed by atoms with Crippen LogP contribution in [0.25, 0.3) is 0 Å². The number of ether oxygens (including phenoxy) is 2. The average molecular weight is 378 g/mol. The summed E-state index contributed by atoms with van der Waals surface area (Å²) in [4.78, 5) is 11.1. The standard InChI is InChI=1S/C20H35N5O2/c1-4-25(5-2)19-8-7-17(13-23-19)14-24-20(21-3)22-10-6-11-26-15-18-9-12-27-16-18/h7-8,13,18H,4-6,9-12,14-16H2,1-3H3,(H2,21,22,24). The van der Waals surface area contributed by atoms with Gasteiger partial charge in [0.2, 0.25) is 0 Å². The zero-order valence-electron chi connectivity index (χ0n) is 17.0. The zero-order valence-corrected chi connectivity index (χ0v) is 17.0. The van der Waals surface area contributed by atoms with Gasteiger partial charge in [-0.05, 0) is 38.3 Å². The van der Waals surface area contributed by atoms with Gasteiger partial charge >= 0.3 is 0 Å². The minimum Gasteiger partial charge on any atom is -0.381 e. The van der Waals surface area contributed by atoms with Crippen molar-refractivity contribution in [1.82, 2.24) is 15.6 Å². The lowest BCUT2D eigenvalue weighted by atomic mass is 10.1. The molecule has 0 amide bonds. The summed E-state index contributed by atoms with van der Waals surface area (Å²) in [5, 5.41) is 6.65. The molecule has 2 heterocycles. The van der Waals surface area contributed by atoms with Gasteiger partial charge in [0.1, 0.15) is 5.82 Å². The van der Waals surface area contributed by atoms with Crippen molar-refractivity contribution in [3.8, 4) is 0 Å². The fourth-order valence-electron chi connectivity index (χ4n) is 3.01. The van der Waals surface area contributed by atoms with E-state index in [1.54, 1.807) is 7.05 Å². The first-order chi connectivity index (χ1) is 13.3. The van der Waals surface area contributed by atoms with Crippen LogP contribution in [0, 0.1) is 5.92 Å². The molecule has 1 aliphatic rings. The van der Waals surface area contributed by atoms with Crippen LogP contribution in [0.2, 0.25) is 0 Å². The summed E-state index contributed by atoms with van der Waals surface area (Å²) in [6.45, 7) is 11.1. The highest BCUT2D eigenvalue weighted by atomic mass is 16.5. The largest absolute Gasteiger partial charge is 0.381 e. The van der Waals surface area contributed by atoms with Crippen molar-refractivity contribution in [2.24, 2.45) is 10.9 Å². The normalized spacial score (nSPS) is 17.1. The topological polar surface area (TPSA) is 71.0 Å². The number of pyridine rings is 1. The third-order valence-electron chi connectivity index (χ3n) is 4.72. The Labute approximate surface area is 163 Å². The van der Waals surface area contributed by atoms with Gasteiger partial charge in [0.05, 0.1) is 13.2 Å². The number of nitrogens with zero attached hydrogens (tertiary/aromatic N) is 3. The Balaban J connectivity index is 1.60. The maximum atomic E-state index is 5.72. The van der Waals surface area contributed by atoms with E-state index in [9.17, 15) is 0 Å². The second-order valence-electron chi connectivity index (χ2n) is 6.71. The highest BCUT2D eigenvalue weighted by Crippen LogP contribution is 2.12. The van der Waals surface area contributed by atoms with Crippen molar-refractivity contribution in [3.63, 3.8) is 0 Å². The van der Waals surface area contributed by atoms with Gasteiger partial charge in [-0.1, -0.05) is 6.07 Å². The lowest BCUT2D eigenvalue weighted by molar-refractivity contribution is 0.0888. The van der Waals surface area contributed by atoms with E-state index >= 15 is 0 Å². The average Bonchev–Trinajstić information content (AvgIpc) is 3.22. The van der Waals surface area contributed by atoms with Crippen molar-refractivity contribution >= 4 is 11.8 Å². The quantitative estimate of drug-likeness (QED) is 0.349.